The van der Waals surface area contributed by atoms with Crippen LogP contribution >= 0.6 is 0 Å². The molecule has 0 heterocycles. The molecule has 106 valence electrons. The van der Waals surface area contributed by atoms with Gasteiger partial charge in [-0.25, -0.2) is 0 Å². The molecule has 0 unspecified atom stereocenters. The van der Waals surface area contributed by atoms with E-state index in [1.807, 2.05) is 0 Å². The fourth-order valence-electron chi connectivity index (χ4n) is 2.64. The third-order valence-electron chi connectivity index (χ3n) is 3.66. The molecule has 0 atom stereocenters. The topological polar surface area (TPSA) is 58.4 Å². The molecular formula is C14H29N3O. The second kappa shape index (κ2) is 9.34. The Bertz CT molecular complexity index is 227. The molecule has 1 fully saturated rings. The highest BCUT2D eigenvalue weighted by atomic mass is 16.2. The lowest BCUT2D eigenvalue weighted by atomic mass is 9.94. The minimum absolute atomic E-state index is 0.166. The second-order valence-corrected chi connectivity index (χ2v) is 5.25. The number of hydrogen-bond donors (Lipinski definition) is 2. The van der Waals surface area contributed by atoms with Crippen molar-refractivity contribution >= 4 is 5.91 Å². The van der Waals surface area contributed by atoms with E-state index in [9.17, 15) is 4.79 Å². The maximum atomic E-state index is 11.8. The number of carbonyl (C=O) groups is 1. The minimum atomic E-state index is 0.166. The van der Waals surface area contributed by atoms with Gasteiger partial charge in [-0.1, -0.05) is 26.2 Å². The van der Waals surface area contributed by atoms with Gasteiger partial charge < -0.3 is 11.1 Å². The third-order valence-corrected chi connectivity index (χ3v) is 3.66. The van der Waals surface area contributed by atoms with E-state index in [1.54, 1.807) is 0 Å². The summed E-state index contributed by atoms with van der Waals surface area (Å²) in [6.07, 6.45) is 8.43. The molecule has 0 saturated heterocycles. The van der Waals surface area contributed by atoms with E-state index in [0.717, 1.165) is 25.9 Å². The van der Waals surface area contributed by atoms with Crippen molar-refractivity contribution in [3.05, 3.63) is 0 Å². The Kier molecular flexibility index (Phi) is 8.01. The van der Waals surface area contributed by atoms with Gasteiger partial charge in [-0.15, -0.1) is 0 Å². The van der Waals surface area contributed by atoms with Crippen molar-refractivity contribution in [3.63, 3.8) is 0 Å². The average Bonchev–Trinajstić information content (AvgIpc) is 2.42. The predicted octanol–water partition coefficient (Wildman–Crippen LogP) is 1.50. The van der Waals surface area contributed by atoms with E-state index in [1.165, 1.54) is 32.1 Å². The van der Waals surface area contributed by atoms with E-state index in [-0.39, 0.29) is 5.91 Å². The maximum Gasteiger partial charge on any atom is 0.234 e. The number of nitrogens with one attached hydrogen (secondary N) is 1. The van der Waals surface area contributed by atoms with Crippen LogP contribution in [0.2, 0.25) is 0 Å². The van der Waals surface area contributed by atoms with Crippen LogP contribution in [0.3, 0.4) is 0 Å². The Morgan fingerprint density at radius 3 is 2.67 bits per heavy atom. The second-order valence-electron chi connectivity index (χ2n) is 5.25. The quantitative estimate of drug-likeness (QED) is 0.691. The molecule has 3 N–H and O–H groups in total. The number of rotatable bonds is 8. The number of amides is 1. The SMILES string of the molecule is CCCNC(=O)CN(CCCN)C1CCCCC1. The highest BCUT2D eigenvalue weighted by Gasteiger charge is 2.22. The van der Waals surface area contributed by atoms with Crippen molar-refractivity contribution in [2.24, 2.45) is 5.73 Å². The summed E-state index contributed by atoms with van der Waals surface area (Å²) in [5.74, 6) is 0.166. The normalized spacial score (nSPS) is 17.1. The molecule has 0 radical (unpaired) electrons. The molecule has 0 aromatic carbocycles. The van der Waals surface area contributed by atoms with Gasteiger partial charge >= 0.3 is 0 Å². The molecule has 1 rings (SSSR count). The van der Waals surface area contributed by atoms with Crippen molar-refractivity contribution in [2.45, 2.75) is 57.9 Å². The number of nitrogens with zero attached hydrogens (tertiary/aromatic N) is 1. The summed E-state index contributed by atoms with van der Waals surface area (Å²) in [7, 11) is 0. The Morgan fingerprint density at radius 2 is 2.06 bits per heavy atom. The first-order valence-electron chi connectivity index (χ1n) is 7.48. The van der Waals surface area contributed by atoms with Crippen LogP contribution in [0.4, 0.5) is 0 Å². The highest BCUT2D eigenvalue weighted by molar-refractivity contribution is 5.78. The monoisotopic (exact) mass is 255 g/mol. The summed E-state index contributed by atoms with van der Waals surface area (Å²) in [5.41, 5.74) is 5.59. The molecule has 4 nitrogen and oxygen atoms in total. The van der Waals surface area contributed by atoms with E-state index in [4.69, 9.17) is 5.73 Å². The van der Waals surface area contributed by atoms with Crippen LogP contribution < -0.4 is 11.1 Å². The van der Waals surface area contributed by atoms with Crippen LogP contribution in [0.5, 0.6) is 0 Å². The first kappa shape index (κ1) is 15.4. The van der Waals surface area contributed by atoms with Gasteiger partial charge in [0, 0.05) is 19.1 Å². The number of carbonyl (C=O) groups excluding carboxylic acids is 1. The summed E-state index contributed by atoms with van der Waals surface area (Å²) in [6.45, 7) is 5.08. The Labute approximate surface area is 111 Å². The van der Waals surface area contributed by atoms with Crippen molar-refractivity contribution in [3.8, 4) is 0 Å². The van der Waals surface area contributed by atoms with Gasteiger partial charge in [0.2, 0.25) is 5.91 Å². The Morgan fingerprint density at radius 1 is 1.33 bits per heavy atom. The lowest BCUT2D eigenvalue weighted by Gasteiger charge is -2.33. The highest BCUT2D eigenvalue weighted by Crippen LogP contribution is 2.22. The van der Waals surface area contributed by atoms with Gasteiger partial charge in [0.1, 0.15) is 0 Å². The average molecular weight is 255 g/mol. The molecule has 4 heteroatoms. The summed E-state index contributed by atoms with van der Waals surface area (Å²) in [6, 6.07) is 0.595. The zero-order valence-electron chi connectivity index (χ0n) is 11.8. The molecule has 18 heavy (non-hydrogen) atoms. The zero-order valence-corrected chi connectivity index (χ0v) is 11.8. The first-order chi connectivity index (χ1) is 8.77. The molecule has 0 aromatic heterocycles. The van der Waals surface area contributed by atoms with Crippen LogP contribution in [-0.4, -0.2) is 43.0 Å². The van der Waals surface area contributed by atoms with Crippen molar-refractivity contribution in [1.82, 2.24) is 10.2 Å². The van der Waals surface area contributed by atoms with E-state index in [2.05, 4.69) is 17.1 Å². The molecular weight excluding hydrogens is 226 g/mol. The fraction of sp³-hybridized carbons (Fsp3) is 0.929. The third kappa shape index (κ3) is 5.83. The van der Waals surface area contributed by atoms with Gasteiger partial charge in [0.15, 0.2) is 0 Å². The zero-order chi connectivity index (χ0) is 13.2. The van der Waals surface area contributed by atoms with Crippen LogP contribution in [0, 0.1) is 0 Å². The van der Waals surface area contributed by atoms with Gasteiger partial charge in [-0.3, -0.25) is 9.69 Å². The molecule has 0 bridgehead atoms. The number of nitrogens with two attached hydrogens (primary N) is 1. The molecule has 0 spiro atoms. The van der Waals surface area contributed by atoms with Crippen molar-refractivity contribution in [1.29, 1.82) is 0 Å². The van der Waals surface area contributed by atoms with Gasteiger partial charge in [-0.2, -0.15) is 0 Å². The van der Waals surface area contributed by atoms with Gasteiger partial charge in [0.05, 0.1) is 6.54 Å². The van der Waals surface area contributed by atoms with E-state index >= 15 is 0 Å². The molecule has 1 aliphatic carbocycles. The predicted molar refractivity (Wildman–Crippen MR) is 75.4 cm³/mol. The molecule has 0 aliphatic heterocycles. The van der Waals surface area contributed by atoms with E-state index < -0.39 is 0 Å². The lowest BCUT2D eigenvalue weighted by molar-refractivity contribution is -0.123. The molecule has 0 aromatic rings. The van der Waals surface area contributed by atoms with Crippen LogP contribution in [0.25, 0.3) is 0 Å². The largest absolute Gasteiger partial charge is 0.355 e. The Hall–Kier alpha value is -0.610. The fourth-order valence-corrected chi connectivity index (χ4v) is 2.64. The number of hydrogen-bond acceptors (Lipinski definition) is 3. The molecule has 1 saturated carbocycles. The van der Waals surface area contributed by atoms with Crippen molar-refractivity contribution < 1.29 is 4.79 Å². The summed E-state index contributed by atoms with van der Waals surface area (Å²) in [5, 5.41) is 2.97. The van der Waals surface area contributed by atoms with Crippen LogP contribution in [0.1, 0.15) is 51.9 Å². The standard InChI is InChI=1S/C14H29N3O/c1-2-10-16-14(18)12-17(11-6-9-15)13-7-4-3-5-8-13/h13H,2-12,15H2,1H3,(H,16,18). The summed E-state index contributed by atoms with van der Waals surface area (Å²) >= 11 is 0. The molecule has 1 amide bonds. The first-order valence-corrected chi connectivity index (χ1v) is 7.48. The Balaban J connectivity index is 2.40. The molecule has 1 aliphatic rings. The van der Waals surface area contributed by atoms with Crippen LogP contribution in [0.15, 0.2) is 0 Å². The lowest BCUT2D eigenvalue weighted by Crippen LogP contribution is -2.44. The smallest absolute Gasteiger partial charge is 0.234 e. The van der Waals surface area contributed by atoms with Crippen LogP contribution in [-0.2, 0) is 4.79 Å². The van der Waals surface area contributed by atoms with Crippen molar-refractivity contribution in [2.75, 3.05) is 26.2 Å². The summed E-state index contributed by atoms with van der Waals surface area (Å²) < 4.78 is 0. The van der Waals surface area contributed by atoms with E-state index in [0.29, 0.717) is 19.1 Å². The maximum absolute atomic E-state index is 11.8. The van der Waals surface area contributed by atoms with Gasteiger partial charge in [0.25, 0.3) is 0 Å². The van der Waals surface area contributed by atoms with Gasteiger partial charge in [-0.05, 0) is 32.2 Å². The summed E-state index contributed by atoms with van der Waals surface area (Å²) in [4.78, 5) is 14.2. The minimum Gasteiger partial charge on any atom is -0.355 e.